The molecule has 3 aliphatic rings. The van der Waals surface area contributed by atoms with Gasteiger partial charge >= 0.3 is 0 Å². The van der Waals surface area contributed by atoms with E-state index >= 15 is 0 Å². The second kappa shape index (κ2) is 16.9. The standard InChI is InChI=1S/C25H51N7O11/c26-3-1-5-31-8-15-14(35)7-11(29)24(40-15)42-21-10(28)6-12(32-23(39)13(34)2-4-27)22(20(21)38)43-25-19(37)17(30)18(36)16(9-33)41-25/h10-22,24-25,31,33-38H,1-9,26-30H2,(H,32,39)/t10-,11+,12+,13-,14-,15+,16+,17-,18+,19+,20-,21+,22-,24+,25+/m0/s1. The van der Waals surface area contributed by atoms with E-state index < -0.39 is 104 Å². The van der Waals surface area contributed by atoms with Crippen LogP contribution in [-0.2, 0) is 23.7 Å². The third kappa shape index (κ3) is 9.19. The van der Waals surface area contributed by atoms with Crippen molar-refractivity contribution in [3.63, 3.8) is 0 Å². The van der Waals surface area contributed by atoms with Crippen LogP contribution in [-0.4, -0.2) is 161 Å². The lowest BCUT2D eigenvalue weighted by Gasteiger charge is -2.48. The van der Waals surface area contributed by atoms with Crippen molar-refractivity contribution in [3.05, 3.63) is 0 Å². The summed E-state index contributed by atoms with van der Waals surface area (Å²) in [6, 6.07) is -3.95. The summed E-state index contributed by atoms with van der Waals surface area (Å²) in [5.41, 5.74) is 29.5. The fourth-order valence-electron chi connectivity index (χ4n) is 5.54. The molecular weight excluding hydrogens is 574 g/mol. The van der Waals surface area contributed by atoms with Crippen molar-refractivity contribution in [2.24, 2.45) is 28.7 Å². The Hall–Kier alpha value is -1.17. The molecule has 0 aromatic carbocycles. The Kier molecular flexibility index (Phi) is 14.3. The molecule has 18 N–H and O–H groups in total. The molecule has 18 heteroatoms. The van der Waals surface area contributed by atoms with Crippen molar-refractivity contribution in [2.75, 3.05) is 32.8 Å². The van der Waals surface area contributed by atoms with Gasteiger partial charge in [-0.2, -0.15) is 0 Å². The van der Waals surface area contributed by atoms with Gasteiger partial charge in [-0.15, -0.1) is 0 Å². The molecule has 0 bridgehead atoms. The van der Waals surface area contributed by atoms with Crippen LogP contribution >= 0.6 is 0 Å². The lowest BCUT2D eigenvalue weighted by Crippen LogP contribution is -2.69. The van der Waals surface area contributed by atoms with Crippen molar-refractivity contribution in [1.29, 1.82) is 0 Å². The first-order valence-electron chi connectivity index (χ1n) is 14.7. The zero-order valence-electron chi connectivity index (χ0n) is 24.1. The molecule has 2 aliphatic heterocycles. The number of amides is 1. The first-order chi connectivity index (χ1) is 20.4. The molecule has 18 nitrogen and oxygen atoms in total. The van der Waals surface area contributed by atoms with E-state index in [4.69, 9.17) is 47.6 Å². The average Bonchev–Trinajstić information content (AvgIpc) is 2.97. The van der Waals surface area contributed by atoms with Crippen molar-refractivity contribution in [1.82, 2.24) is 10.6 Å². The number of ether oxygens (including phenoxy) is 4. The van der Waals surface area contributed by atoms with Crippen LogP contribution in [0.3, 0.4) is 0 Å². The maximum Gasteiger partial charge on any atom is 0.249 e. The van der Waals surface area contributed by atoms with Crippen LogP contribution in [0.15, 0.2) is 0 Å². The maximum absolute atomic E-state index is 12.7. The zero-order chi connectivity index (χ0) is 31.8. The Morgan fingerprint density at radius 2 is 1.56 bits per heavy atom. The van der Waals surface area contributed by atoms with E-state index in [0.717, 1.165) is 6.42 Å². The molecule has 1 saturated carbocycles. The van der Waals surface area contributed by atoms with Gasteiger partial charge in [0, 0.05) is 12.6 Å². The molecule has 0 aromatic rings. The number of carbonyl (C=O) groups is 1. The van der Waals surface area contributed by atoms with Crippen LogP contribution < -0.4 is 39.3 Å². The van der Waals surface area contributed by atoms with Gasteiger partial charge in [-0.3, -0.25) is 4.79 Å². The highest BCUT2D eigenvalue weighted by molar-refractivity contribution is 5.80. The summed E-state index contributed by atoms with van der Waals surface area (Å²) in [4.78, 5) is 12.7. The first kappa shape index (κ1) is 36.3. The van der Waals surface area contributed by atoms with Gasteiger partial charge < -0.3 is 88.9 Å². The second-order valence-electron chi connectivity index (χ2n) is 11.4. The summed E-state index contributed by atoms with van der Waals surface area (Å²) in [7, 11) is 0. The average molecular weight is 626 g/mol. The minimum absolute atomic E-state index is 0.0230. The highest BCUT2D eigenvalue weighted by atomic mass is 16.7. The molecule has 1 aliphatic carbocycles. The van der Waals surface area contributed by atoms with Gasteiger partial charge in [-0.05, 0) is 45.3 Å². The highest BCUT2D eigenvalue weighted by Crippen LogP contribution is 2.31. The van der Waals surface area contributed by atoms with Crippen LogP contribution in [0.25, 0.3) is 0 Å². The number of hydrogen-bond donors (Lipinski definition) is 13. The van der Waals surface area contributed by atoms with Crippen molar-refractivity contribution < 1.29 is 54.4 Å². The summed E-state index contributed by atoms with van der Waals surface area (Å²) < 4.78 is 23.5. The smallest absolute Gasteiger partial charge is 0.249 e. The molecule has 3 fully saturated rings. The Labute approximate surface area is 250 Å². The van der Waals surface area contributed by atoms with Gasteiger partial charge in [-0.25, -0.2) is 0 Å². The summed E-state index contributed by atoms with van der Waals surface area (Å²) in [5, 5.41) is 68.4. The number of carbonyl (C=O) groups excluding carboxylic acids is 1. The Morgan fingerprint density at radius 3 is 2.21 bits per heavy atom. The number of nitrogens with two attached hydrogens (primary N) is 5. The van der Waals surface area contributed by atoms with Crippen molar-refractivity contribution >= 4 is 5.91 Å². The highest BCUT2D eigenvalue weighted by Gasteiger charge is 2.51. The summed E-state index contributed by atoms with van der Waals surface area (Å²) in [6.07, 6.45) is -13.0. The molecule has 3 rings (SSSR count). The molecule has 0 spiro atoms. The van der Waals surface area contributed by atoms with Crippen LogP contribution in [0.4, 0.5) is 0 Å². The van der Waals surface area contributed by atoms with E-state index in [-0.39, 0.29) is 25.8 Å². The maximum atomic E-state index is 12.7. The third-order valence-corrected chi connectivity index (χ3v) is 8.11. The molecule has 2 heterocycles. The lowest BCUT2D eigenvalue weighted by molar-refractivity contribution is -0.316. The van der Waals surface area contributed by atoms with Crippen molar-refractivity contribution in [2.45, 2.75) is 117 Å². The van der Waals surface area contributed by atoms with Crippen LogP contribution in [0.5, 0.6) is 0 Å². The molecule has 2 saturated heterocycles. The van der Waals surface area contributed by atoms with E-state index in [2.05, 4.69) is 10.6 Å². The van der Waals surface area contributed by atoms with Crippen LogP contribution in [0, 0.1) is 0 Å². The quantitative estimate of drug-likeness (QED) is 0.0797. The largest absolute Gasteiger partial charge is 0.394 e. The topological polar surface area (TPSA) is 330 Å². The monoisotopic (exact) mass is 625 g/mol. The number of rotatable bonds is 14. The van der Waals surface area contributed by atoms with E-state index in [9.17, 15) is 35.4 Å². The van der Waals surface area contributed by atoms with Gasteiger partial charge in [0.15, 0.2) is 12.6 Å². The molecular formula is C25H51N7O11. The van der Waals surface area contributed by atoms with E-state index in [1.165, 1.54) is 0 Å². The predicted octanol–water partition coefficient (Wildman–Crippen LogP) is -7.45. The molecule has 0 radical (unpaired) electrons. The van der Waals surface area contributed by atoms with Crippen LogP contribution in [0.1, 0.15) is 25.7 Å². The number of nitrogens with one attached hydrogen (secondary N) is 2. The van der Waals surface area contributed by atoms with Gasteiger partial charge in [0.2, 0.25) is 5.91 Å². The van der Waals surface area contributed by atoms with E-state index in [0.29, 0.717) is 19.6 Å². The predicted molar refractivity (Wildman–Crippen MR) is 149 cm³/mol. The minimum atomic E-state index is -1.58. The first-order valence-corrected chi connectivity index (χ1v) is 14.7. The van der Waals surface area contributed by atoms with Gasteiger partial charge in [-0.1, -0.05) is 0 Å². The fraction of sp³-hybridized carbons (Fsp3) is 0.960. The summed E-state index contributed by atoms with van der Waals surface area (Å²) >= 11 is 0. The summed E-state index contributed by atoms with van der Waals surface area (Å²) in [5.74, 6) is -0.787. The Morgan fingerprint density at radius 1 is 0.884 bits per heavy atom. The van der Waals surface area contributed by atoms with Gasteiger partial charge in [0.25, 0.3) is 0 Å². The number of aliphatic hydroxyl groups excluding tert-OH is 6. The van der Waals surface area contributed by atoms with Crippen LogP contribution in [0.2, 0.25) is 0 Å². The molecule has 252 valence electrons. The normalized spacial score (nSPS) is 42.9. The van der Waals surface area contributed by atoms with Gasteiger partial charge in [0.05, 0.1) is 36.9 Å². The van der Waals surface area contributed by atoms with Crippen molar-refractivity contribution in [3.8, 4) is 0 Å². The SMILES string of the molecule is NCCCNC[C@H]1O[C@H](O[C@H]2[C@H](O)[C@@H](O[C@H]3O[C@H](CO)[C@@H](O)[C@H](N)[C@H]3O)[C@H](NC(=O)[C@@H](O)CCN)C[C@@H]2N)[C@H](N)C[C@@H]1O. The Balaban J connectivity index is 1.79. The molecule has 1 amide bonds. The number of hydrogen-bond acceptors (Lipinski definition) is 17. The minimum Gasteiger partial charge on any atom is -0.394 e. The molecule has 15 atom stereocenters. The Bertz CT molecular complexity index is 851. The molecule has 0 unspecified atom stereocenters. The second-order valence-corrected chi connectivity index (χ2v) is 11.4. The zero-order valence-corrected chi connectivity index (χ0v) is 24.1. The van der Waals surface area contributed by atoms with E-state index in [1.807, 2.05) is 0 Å². The lowest BCUT2D eigenvalue weighted by atomic mass is 9.83. The fourth-order valence-corrected chi connectivity index (χ4v) is 5.54. The molecule has 0 aromatic heterocycles. The van der Waals surface area contributed by atoms with E-state index in [1.54, 1.807) is 0 Å². The molecule has 43 heavy (non-hydrogen) atoms. The summed E-state index contributed by atoms with van der Waals surface area (Å²) in [6.45, 7) is 0.824. The third-order valence-electron chi connectivity index (χ3n) is 8.11. The number of aliphatic hydroxyl groups is 6. The van der Waals surface area contributed by atoms with Gasteiger partial charge in [0.1, 0.15) is 42.7 Å².